The van der Waals surface area contributed by atoms with Gasteiger partial charge in [-0.05, 0) is 32.1 Å². The Kier molecular flexibility index (Phi) is 52.8. The molecule has 14 heteroatoms. The molecule has 1 amide bonds. The molecule has 0 saturated carbocycles. The van der Waals surface area contributed by atoms with Crippen molar-refractivity contribution in [1.29, 1.82) is 0 Å². The molecule has 85 heavy (non-hydrogen) atoms. The molecule has 2 fully saturated rings. The van der Waals surface area contributed by atoms with E-state index in [4.69, 9.17) is 18.9 Å². The van der Waals surface area contributed by atoms with Crippen LogP contribution in [-0.2, 0) is 23.7 Å². The maximum Gasteiger partial charge on any atom is 0.220 e. The number of allylic oxidation sites excluding steroid dienone is 3. The average Bonchev–Trinajstić information content (AvgIpc) is 3.25. The zero-order valence-electron chi connectivity index (χ0n) is 54.6. The van der Waals surface area contributed by atoms with E-state index < -0.39 is 86.8 Å². The lowest BCUT2D eigenvalue weighted by Crippen LogP contribution is -2.65. The average molecular weight is 1210 g/mol. The van der Waals surface area contributed by atoms with E-state index in [1.807, 2.05) is 6.08 Å². The van der Waals surface area contributed by atoms with Crippen molar-refractivity contribution in [3.63, 3.8) is 0 Å². The Balaban J connectivity index is 1.49. The van der Waals surface area contributed by atoms with Crippen molar-refractivity contribution < 1.29 is 64.6 Å². The van der Waals surface area contributed by atoms with Crippen LogP contribution in [0.5, 0.6) is 0 Å². The fourth-order valence-corrected chi connectivity index (χ4v) is 12.1. The first-order chi connectivity index (χ1) is 41.6. The van der Waals surface area contributed by atoms with Gasteiger partial charge >= 0.3 is 0 Å². The van der Waals surface area contributed by atoms with Gasteiger partial charge in [0.15, 0.2) is 12.6 Å². The van der Waals surface area contributed by atoms with Crippen LogP contribution in [0.3, 0.4) is 0 Å². The Morgan fingerprint density at radius 2 is 0.753 bits per heavy atom. The molecule has 2 aliphatic heterocycles. The second-order valence-corrected chi connectivity index (χ2v) is 25.7. The van der Waals surface area contributed by atoms with Crippen molar-refractivity contribution in [3.8, 4) is 0 Å². The zero-order chi connectivity index (χ0) is 61.6. The summed E-state index contributed by atoms with van der Waals surface area (Å²) in [5.41, 5.74) is 0. The number of amides is 1. The lowest BCUT2D eigenvalue weighted by atomic mass is 9.97. The van der Waals surface area contributed by atoms with Gasteiger partial charge in [0.25, 0.3) is 0 Å². The van der Waals surface area contributed by atoms with Gasteiger partial charge in [-0.3, -0.25) is 4.79 Å². The molecule has 2 saturated heterocycles. The molecule has 502 valence electrons. The Labute approximate surface area is 519 Å². The van der Waals surface area contributed by atoms with Crippen LogP contribution < -0.4 is 5.32 Å². The largest absolute Gasteiger partial charge is 0.394 e. The molecule has 2 rings (SSSR count). The number of nitrogens with one attached hydrogen (secondary N) is 1. The first kappa shape index (κ1) is 79.6. The van der Waals surface area contributed by atoms with Gasteiger partial charge in [0.2, 0.25) is 5.91 Å². The number of hydrogen-bond acceptors (Lipinski definition) is 13. The predicted molar refractivity (Wildman–Crippen MR) is 346 cm³/mol. The molecule has 2 aliphatic rings. The van der Waals surface area contributed by atoms with Crippen molar-refractivity contribution in [2.45, 2.75) is 402 Å². The summed E-state index contributed by atoms with van der Waals surface area (Å²) in [4.78, 5) is 13.2. The zero-order valence-corrected chi connectivity index (χ0v) is 54.6. The lowest BCUT2D eigenvalue weighted by molar-refractivity contribution is -0.359. The Morgan fingerprint density at radius 3 is 1.15 bits per heavy atom. The predicted octanol–water partition coefficient (Wildman–Crippen LogP) is 14.7. The van der Waals surface area contributed by atoms with Crippen molar-refractivity contribution in [2.75, 3.05) is 19.8 Å². The van der Waals surface area contributed by atoms with Gasteiger partial charge in [-0.1, -0.05) is 314 Å². The Bertz CT molecular complexity index is 1520. The number of aliphatic hydroxyl groups excluding tert-OH is 8. The van der Waals surface area contributed by atoms with Crippen LogP contribution in [0.15, 0.2) is 24.3 Å². The van der Waals surface area contributed by atoms with Crippen molar-refractivity contribution >= 4 is 5.91 Å². The molecule has 9 N–H and O–H groups in total. The van der Waals surface area contributed by atoms with Crippen LogP contribution in [0.1, 0.15) is 328 Å². The standard InChI is InChI=1S/C71H135NO13/c1-3-5-7-9-11-13-15-16-17-18-19-20-21-22-23-24-25-26-27-28-29-30-31-32-33-34-35-36-37-38-39-40-41-42-43-44-45-47-49-51-53-55-63(76)72-59(60(75)54-52-50-48-46-14-12-10-8-6-4-2)58-82-70-68(81)66(79)69(62(57-74)84-70)85-71-67(80)65(78)64(77)61(56-73)83-71/h14,46,52,54,59-62,64-71,73-75,77-81H,3-13,15-45,47-51,53,55-58H2,1-2H3,(H,72,76)/b46-14+,54-52+. The normalized spacial score (nSPS) is 23.6. The second kappa shape index (κ2) is 56.5. The van der Waals surface area contributed by atoms with Crippen molar-refractivity contribution in [3.05, 3.63) is 24.3 Å². The first-order valence-corrected chi connectivity index (χ1v) is 36.1. The van der Waals surface area contributed by atoms with Crippen LogP contribution in [-0.4, -0.2) is 140 Å². The van der Waals surface area contributed by atoms with Crippen molar-refractivity contribution in [1.82, 2.24) is 5.32 Å². The SMILES string of the molecule is CCCCCC/C=C/CC/C=C/C(O)C(COC1OC(CO)C(OC2OC(CO)C(O)C(O)C2O)C(O)C1O)NC(=O)CCCCCCCCCCCCCCCCCCCCCCCCCCCCCCCCCCCCCCCCCCC. The molecule has 0 aromatic rings. The highest BCUT2D eigenvalue weighted by atomic mass is 16.7. The molecule has 0 radical (unpaired) electrons. The summed E-state index contributed by atoms with van der Waals surface area (Å²) in [5.74, 6) is -0.245. The summed E-state index contributed by atoms with van der Waals surface area (Å²) in [7, 11) is 0. The quantitative estimate of drug-likeness (QED) is 0.0204. The molecule has 0 aromatic heterocycles. The van der Waals surface area contributed by atoms with E-state index in [0.29, 0.717) is 12.8 Å². The summed E-state index contributed by atoms with van der Waals surface area (Å²) in [6, 6.07) is -0.927. The lowest BCUT2D eigenvalue weighted by Gasteiger charge is -2.46. The van der Waals surface area contributed by atoms with E-state index in [1.165, 1.54) is 263 Å². The van der Waals surface area contributed by atoms with Gasteiger partial charge in [-0.25, -0.2) is 0 Å². The van der Waals surface area contributed by atoms with Gasteiger partial charge in [0.1, 0.15) is 48.8 Å². The molecule has 14 nitrogen and oxygen atoms in total. The molecule has 0 bridgehead atoms. The highest BCUT2D eigenvalue weighted by Crippen LogP contribution is 2.30. The number of rotatable bonds is 60. The van der Waals surface area contributed by atoms with Gasteiger partial charge < -0.3 is 65.1 Å². The smallest absolute Gasteiger partial charge is 0.220 e. The van der Waals surface area contributed by atoms with E-state index in [0.717, 1.165) is 32.1 Å². The Morgan fingerprint density at radius 1 is 0.412 bits per heavy atom. The molecule has 0 spiro atoms. The molecule has 12 unspecified atom stereocenters. The minimum absolute atomic E-state index is 0.245. The van der Waals surface area contributed by atoms with Crippen LogP contribution in [0, 0.1) is 0 Å². The van der Waals surface area contributed by atoms with Crippen LogP contribution in [0.25, 0.3) is 0 Å². The van der Waals surface area contributed by atoms with Gasteiger partial charge in [-0.2, -0.15) is 0 Å². The van der Waals surface area contributed by atoms with E-state index in [-0.39, 0.29) is 18.9 Å². The maximum absolute atomic E-state index is 13.2. The number of carbonyl (C=O) groups excluding carboxylic acids is 1. The molecular weight excluding hydrogens is 1070 g/mol. The van der Waals surface area contributed by atoms with E-state index in [2.05, 4.69) is 31.3 Å². The maximum atomic E-state index is 13.2. The molecule has 2 heterocycles. The third-order valence-corrected chi connectivity index (χ3v) is 17.9. The third kappa shape index (κ3) is 40.8. The van der Waals surface area contributed by atoms with Gasteiger partial charge in [-0.15, -0.1) is 0 Å². The minimum atomic E-state index is -1.79. The Hall–Kier alpha value is -1.53. The molecule has 12 atom stereocenters. The summed E-state index contributed by atoms with van der Waals surface area (Å²) >= 11 is 0. The molecule has 0 aromatic carbocycles. The molecular formula is C71H135NO13. The minimum Gasteiger partial charge on any atom is -0.394 e. The number of aliphatic hydroxyl groups is 8. The second-order valence-electron chi connectivity index (χ2n) is 25.7. The summed E-state index contributed by atoms with van der Waals surface area (Å²) in [6.45, 7) is 2.77. The van der Waals surface area contributed by atoms with Gasteiger partial charge in [0, 0.05) is 6.42 Å². The fraction of sp³-hybridized carbons (Fsp3) is 0.930. The van der Waals surface area contributed by atoms with E-state index in [1.54, 1.807) is 6.08 Å². The van der Waals surface area contributed by atoms with Gasteiger partial charge in [0.05, 0.1) is 32.0 Å². The van der Waals surface area contributed by atoms with E-state index >= 15 is 0 Å². The molecule has 0 aliphatic carbocycles. The number of unbranched alkanes of at least 4 members (excludes halogenated alkanes) is 45. The monoisotopic (exact) mass is 1210 g/mol. The van der Waals surface area contributed by atoms with Crippen molar-refractivity contribution in [2.24, 2.45) is 0 Å². The summed E-state index contributed by atoms with van der Waals surface area (Å²) in [5, 5.41) is 87.0. The number of ether oxygens (including phenoxy) is 4. The number of hydrogen-bond donors (Lipinski definition) is 9. The van der Waals surface area contributed by atoms with E-state index in [9.17, 15) is 45.6 Å². The topological polar surface area (TPSA) is 228 Å². The first-order valence-electron chi connectivity index (χ1n) is 36.1. The summed E-state index contributed by atoms with van der Waals surface area (Å²) < 4.78 is 22.7. The van der Waals surface area contributed by atoms with Crippen LogP contribution in [0.2, 0.25) is 0 Å². The summed E-state index contributed by atoms with van der Waals surface area (Å²) in [6.07, 6.45) is 54.6. The highest BCUT2D eigenvalue weighted by Gasteiger charge is 2.51. The third-order valence-electron chi connectivity index (χ3n) is 17.9. The van der Waals surface area contributed by atoms with Crippen LogP contribution in [0.4, 0.5) is 0 Å². The van der Waals surface area contributed by atoms with Crippen LogP contribution >= 0.6 is 0 Å². The number of carbonyl (C=O) groups is 1. The highest BCUT2D eigenvalue weighted by molar-refractivity contribution is 5.76. The fourth-order valence-electron chi connectivity index (χ4n) is 12.1.